The van der Waals surface area contributed by atoms with Gasteiger partial charge in [0.25, 0.3) is 0 Å². The largest absolute Gasteiger partial charge is 0.486 e. The molecule has 2 N–H and O–H groups in total. The number of amides is 1. The number of benzene rings is 1. The van der Waals surface area contributed by atoms with Crippen molar-refractivity contribution in [1.29, 1.82) is 5.26 Å². The third kappa shape index (κ3) is 6.45. The summed E-state index contributed by atoms with van der Waals surface area (Å²) in [5, 5.41) is 15.8. The van der Waals surface area contributed by atoms with E-state index in [0.717, 1.165) is 5.69 Å². The molecule has 1 aliphatic heterocycles. The van der Waals surface area contributed by atoms with Gasteiger partial charge in [0.1, 0.15) is 19.0 Å². The summed E-state index contributed by atoms with van der Waals surface area (Å²) >= 11 is 0. The average molecular weight is 462 g/mol. The lowest BCUT2D eigenvalue weighted by atomic mass is 10.2. The molecule has 1 amide bonds. The lowest BCUT2D eigenvalue weighted by Gasteiger charge is -2.18. The van der Waals surface area contributed by atoms with E-state index < -0.39 is 10.0 Å². The van der Waals surface area contributed by atoms with Crippen LogP contribution < -0.4 is 19.5 Å². The van der Waals surface area contributed by atoms with Crippen LogP contribution in [0.4, 0.5) is 5.82 Å². The SMILES string of the molecule is Cc1cc(NC(=O)CCCCCNS(=O)(=O)c2ccc3c(c2)OCCO3)n(CCC#N)n1. The number of carbonyl (C=O) groups excluding carboxylic acids is 1. The summed E-state index contributed by atoms with van der Waals surface area (Å²) in [7, 11) is -3.65. The predicted molar refractivity (Wildman–Crippen MR) is 117 cm³/mol. The van der Waals surface area contributed by atoms with Crippen LogP contribution in [0.2, 0.25) is 0 Å². The van der Waals surface area contributed by atoms with Crippen molar-refractivity contribution in [3.63, 3.8) is 0 Å². The maximum atomic E-state index is 12.5. The van der Waals surface area contributed by atoms with Crippen molar-refractivity contribution in [3.05, 3.63) is 30.0 Å². The van der Waals surface area contributed by atoms with E-state index in [0.29, 0.717) is 69.2 Å². The zero-order valence-corrected chi connectivity index (χ0v) is 18.8. The summed E-state index contributed by atoms with van der Waals surface area (Å²) in [6.45, 7) is 3.35. The van der Waals surface area contributed by atoms with Crippen molar-refractivity contribution in [2.24, 2.45) is 0 Å². The van der Waals surface area contributed by atoms with Crippen molar-refractivity contribution in [3.8, 4) is 17.6 Å². The van der Waals surface area contributed by atoms with Gasteiger partial charge in [-0.3, -0.25) is 4.79 Å². The number of anilines is 1. The lowest BCUT2D eigenvalue weighted by Crippen LogP contribution is -2.25. The monoisotopic (exact) mass is 461 g/mol. The minimum absolute atomic E-state index is 0.129. The van der Waals surface area contributed by atoms with Gasteiger partial charge < -0.3 is 14.8 Å². The fourth-order valence-electron chi connectivity index (χ4n) is 3.25. The number of fused-ring (bicyclic) bond motifs is 1. The minimum Gasteiger partial charge on any atom is -0.486 e. The normalized spacial score (nSPS) is 12.9. The van der Waals surface area contributed by atoms with Gasteiger partial charge in [-0.05, 0) is 31.9 Å². The summed E-state index contributed by atoms with van der Waals surface area (Å²) in [5.74, 6) is 1.40. The third-order valence-electron chi connectivity index (χ3n) is 4.80. The molecule has 11 heteroatoms. The van der Waals surface area contributed by atoms with Gasteiger partial charge >= 0.3 is 0 Å². The molecule has 2 heterocycles. The van der Waals surface area contributed by atoms with Gasteiger partial charge in [-0.1, -0.05) is 6.42 Å². The van der Waals surface area contributed by atoms with E-state index in [2.05, 4.69) is 21.2 Å². The van der Waals surface area contributed by atoms with Crippen LogP contribution in [0, 0.1) is 18.3 Å². The Balaban J connectivity index is 1.38. The van der Waals surface area contributed by atoms with Crippen LogP contribution in [0.5, 0.6) is 11.5 Å². The van der Waals surface area contributed by atoms with Gasteiger partial charge in [0, 0.05) is 25.1 Å². The molecule has 1 aromatic carbocycles. The Morgan fingerprint density at radius 1 is 1.19 bits per heavy atom. The first kappa shape index (κ1) is 23.6. The highest BCUT2D eigenvalue weighted by Gasteiger charge is 2.19. The molecule has 32 heavy (non-hydrogen) atoms. The van der Waals surface area contributed by atoms with E-state index in [9.17, 15) is 13.2 Å². The predicted octanol–water partition coefficient (Wildman–Crippen LogP) is 2.35. The fraction of sp³-hybridized carbons (Fsp3) is 0.476. The van der Waals surface area contributed by atoms with E-state index in [4.69, 9.17) is 14.7 Å². The molecule has 0 saturated carbocycles. The Morgan fingerprint density at radius 3 is 2.75 bits per heavy atom. The van der Waals surface area contributed by atoms with Crippen molar-refractivity contribution < 1.29 is 22.7 Å². The maximum Gasteiger partial charge on any atom is 0.240 e. The Bertz CT molecular complexity index is 1090. The number of aryl methyl sites for hydroxylation is 2. The van der Waals surface area contributed by atoms with Gasteiger partial charge in [0.05, 0.1) is 29.6 Å². The fourth-order valence-corrected chi connectivity index (χ4v) is 4.33. The highest BCUT2D eigenvalue weighted by atomic mass is 32.2. The van der Waals surface area contributed by atoms with Gasteiger partial charge in [-0.15, -0.1) is 0 Å². The second kappa shape index (κ2) is 11.0. The molecule has 0 fully saturated rings. The molecule has 10 nitrogen and oxygen atoms in total. The summed E-state index contributed by atoms with van der Waals surface area (Å²) < 4.78 is 40.0. The van der Waals surface area contributed by atoms with Gasteiger partial charge in [0.2, 0.25) is 15.9 Å². The number of carbonyl (C=O) groups is 1. The first-order valence-electron chi connectivity index (χ1n) is 10.5. The third-order valence-corrected chi connectivity index (χ3v) is 6.26. The molecule has 1 aromatic heterocycles. The summed E-state index contributed by atoms with van der Waals surface area (Å²) in [6.07, 6.45) is 2.56. The number of aromatic nitrogens is 2. The molecule has 0 radical (unpaired) electrons. The van der Waals surface area contributed by atoms with E-state index in [1.54, 1.807) is 16.8 Å². The summed E-state index contributed by atoms with van der Waals surface area (Å²) in [6, 6.07) is 8.37. The Kier molecular flexibility index (Phi) is 8.08. The zero-order valence-electron chi connectivity index (χ0n) is 18.0. The van der Waals surface area contributed by atoms with Crippen LogP contribution >= 0.6 is 0 Å². The number of sulfonamides is 1. The van der Waals surface area contributed by atoms with Gasteiger partial charge in [-0.25, -0.2) is 17.8 Å². The van der Waals surface area contributed by atoms with E-state index >= 15 is 0 Å². The molecule has 3 rings (SSSR count). The van der Waals surface area contributed by atoms with Crippen LogP contribution in [0.3, 0.4) is 0 Å². The number of ether oxygens (including phenoxy) is 2. The number of hydrogen-bond donors (Lipinski definition) is 2. The zero-order chi connectivity index (χ0) is 23.0. The van der Waals surface area contributed by atoms with E-state index in [1.165, 1.54) is 12.1 Å². The summed E-state index contributed by atoms with van der Waals surface area (Å²) in [4.78, 5) is 12.3. The highest BCUT2D eigenvalue weighted by Crippen LogP contribution is 2.32. The quantitative estimate of drug-likeness (QED) is 0.490. The van der Waals surface area contributed by atoms with E-state index in [1.807, 2.05) is 6.92 Å². The van der Waals surface area contributed by atoms with Crippen LogP contribution in [0.25, 0.3) is 0 Å². The van der Waals surface area contributed by atoms with Gasteiger partial charge in [0.15, 0.2) is 11.5 Å². The van der Waals surface area contributed by atoms with Crippen LogP contribution in [0.1, 0.15) is 37.8 Å². The molecule has 0 saturated heterocycles. The highest BCUT2D eigenvalue weighted by molar-refractivity contribution is 7.89. The molecular formula is C21H27N5O5S. The summed E-state index contributed by atoms with van der Waals surface area (Å²) in [5.41, 5.74) is 0.767. The molecule has 1 aliphatic rings. The maximum absolute atomic E-state index is 12.5. The first-order valence-corrected chi connectivity index (χ1v) is 12.0. The topological polar surface area (TPSA) is 135 Å². The molecule has 0 atom stereocenters. The number of hydrogen-bond acceptors (Lipinski definition) is 7. The Labute approximate surface area is 187 Å². The van der Waals surface area contributed by atoms with Crippen molar-refractivity contribution >= 4 is 21.7 Å². The lowest BCUT2D eigenvalue weighted by molar-refractivity contribution is -0.116. The molecule has 172 valence electrons. The molecule has 0 bridgehead atoms. The standard InChI is InChI=1S/C21H27N5O5S/c1-16-14-20(26(25-16)11-5-9-22)24-21(27)6-3-2-4-10-23-32(28,29)17-7-8-18-19(15-17)31-13-12-30-18/h7-8,14-15,23H,2-6,10-13H2,1H3,(H,24,27). The molecule has 2 aromatic rings. The van der Waals surface area contributed by atoms with Crippen molar-refractivity contribution in [1.82, 2.24) is 14.5 Å². The molecule has 0 spiro atoms. The van der Waals surface area contributed by atoms with Crippen LogP contribution in [-0.2, 0) is 21.4 Å². The van der Waals surface area contributed by atoms with Crippen LogP contribution in [-0.4, -0.2) is 43.9 Å². The number of rotatable bonds is 11. The number of nitriles is 1. The minimum atomic E-state index is -3.65. The smallest absolute Gasteiger partial charge is 0.240 e. The van der Waals surface area contributed by atoms with Crippen molar-refractivity contribution in [2.75, 3.05) is 25.1 Å². The molecular weight excluding hydrogens is 434 g/mol. The van der Waals surface area contributed by atoms with E-state index in [-0.39, 0.29) is 17.3 Å². The van der Waals surface area contributed by atoms with Crippen molar-refractivity contribution in [2.45, 2.75) is 50.5 Å². The first-order chi connectivity index (χ1) is 15.4. The van der Waals surface area contributed by atoms with Gasteiger partial charge in [-0.2, -0.15) is 10.4 Å². The Morgan fingerprint density at radius 2 is 1.97 bits per heavy atom. The number of unbranched alkanes of at least 4 members (excludes halogenated alkanes) is 2. The van der Waals surface area contributed by atoms with Crippen LogP contribution in [0.15, 0.2) is 29.2 Å². The second-order valence-corrected chi connectivity index (χ2v) is 9.13. The number of nitrogens with one attached hydrogen (secondary N) is 2. The number of nitrogens with zero attached hydrogens (tertiary/aromatic N) is 3. The molecule has 0 aliphatic carbocycles. The second-order valence-electron chi connectivity index (χ2n) is 7.36. The average Bonchev–Trinajstić information content (AvgIpc) is 3.12. The Hall–Kier alpha value is -3.10. The molecule has 0 unspecified atom stereocenters.